The number of hydrogen-bond acceptors (Lipinski definition) is 4. The molecule has 0 aliphatic heterocycles. The minimum Gasteiger partial charge on any atom is -0.382 e. The first kappa shape index (κ1) is 12.9. The van der Waals surface area contributed by atoms with Crippen molar-refractivity contribution in [2.75, 3.05) is 32.2 Å². The smallest absolute Gasteiger partial charge is 0.250 e. The Balaban J connectivity index is 2.29. The van der Waals surface area contributed by atoms with Crippen LogP contribution < -0.4 is 5.32 Å². The number of nitrogens with zero attached hydrogens (tertiary/aromatic N) is 1. The summed E-state index contributed by atoms with van der Waals surface area (Å²) in [6, 6.07) is 3.22. The van der Waals surface area contributed by atoms with E-state index >= 15 is 0 Å². The largest absolute Gasteiger partial charge is 0.382 e. The summed E-state index contributed by atoms with van der Waals surface area (Å²) in [5.41, 5.74) is 0.598. The molecule has 1 heterocycles. The van der Waals surface area contributed by atoms with Crippen LogP contribution in [0.4, 0.5) is 5.69 Å². The van der Waals surface area contributed by atoms with Crippen molar-refractivity contribution in [3.05, 3.63) is 23.5 Å². The number of methoxy groups -OCH3 is 1. The Kier molecular flexibility index (Phi) is 5.77. The predicted molar refractivity (Wildman–Crippen MR) is 60.6 cm³/mol. The molecular weight excluding hydrogens is 232 g/mol. The van der Waals surface area contributed by atoms with Gasteiger partial charge in [0.15, 0.2) is 0 Å². The number of amides is 1. The van der Waals surface area contributed by atoms with E-state index in [1.165, 1.54) is 6.20 Å². The number of nitrogens with one attached hydrogen (secondary N) is 1. The molecule has 0 unspecified atom stereocenters. The number of pyridine rings is 1. The Morgan fingerprint density at radius 2 is 2.38 bits per heavy atom. The second-order valence-electron chi connectivity index (χ2n) is 2.96. The van der Waals surface area contributed by atoms with Crippen LogP contribution in [-0.2, 0) is 14.3 Å². The molecule has 0 aromatic carbocycles. The Hall–Kier alpha value is -1.17. The Morgan fingerprint density at radius 1 is 1.56 bits per heavy atom. The lowest BCUT2D eigenvalue weighted by atomic mass is 10.4. The van der Waals surface area contributed by atoms with Gasteiger partial charge in [-0.15, -0.1) is 0 Å². The normalized spacial score (nSPS) is 10.1. The monoisotopic (exact) mass is 244 g/mol. The molecule has 0 aliphatic carbocycles. The zero-order valence-corrected chi connectivity index (χ0v) is 9.66. The summed E-state index contributed by atoms with van der Waals surface area (Å²) in [7, 11) is 1.57. The van der Waals surface area contributed by atoms with Crippen molar-refractivity contribution in [3.63, 3.8) is 0 Å². The molecule has 5 nitrogen and oxygen atoms in total. The standard InChI is InChI=1S/C10H13ClN2O3/c1-15-4-5-16-7-10(14)13-8-2-3-12-9(11)6-8/h2-3,6H,4-5,7H2,1H3,(H,12,13,14). The second-order valence-corrected chi connectivity index (χ2v) is 3.35. The molecular formula is C10H13ClN2O3. The van der Waals surface area contributed by atoms with Crippen LogP contribution in [-0.4, -0.2) is 37.8 Å². The van der Waals surface area contributed by atoms with E-state index in [1.807, 2.05) is 0 Å². The Bertz CT molecular complexity index is 347. The summed E-state index contributed by atoms with van der Waals surface area (Å²) in [4.78, 5) is 15.1. The van der Waals surface area contributed by atoms with Gasteiger partial charge in [0, 0.05) is 19.0 Å². The first-order valence-corrected chi connectivity index (χ1v) is 5.08. The van der Waals surface area contributed by atoms with Gasteiger partial charge in [0.1, 0.15) is 11.8 Å². The molecule has 1 rings (SSSR count). The molecule has 1 amide bonds. The number of hydrogen-bond donors (Lipinski definition) is 1. The van der Waals surface area contributed by atoms with Crippen molar-refractivity contribution < 1.29 is 14.3 Å². The molecule has 6 heteroatoms. The number of aromatic nitrogens is 1. The Morgan fingerprint density at radius 3 is 3.06 bits per heavy atom. The van der Waals surface area contributed by atoms with Gasteiger partial charge >= 0.3 is 0 Å². The van der Waals surface area contributed by atoms with E-state index in [-0.39, 0.29) is 12.5 Å². The van der Waals surface area contributed by atoms with Gasteiger partial charge < -0.3 is 14.8 Å². The van der Waals surface area contributed by atoms with Crippen molar-refractivity contribution in [3.8, 4) is 0 Å². The van der Waals surface area contributed by atoms with Gasteiger partial charge in [-0.2, -0.15) is 0 Å². The van der Waals surface area contributed by atoms with E-state index in [0.29, 0.717) is 24.1 Å². The van der Waals surface area contributed by atoms with Crippen molar-refractivity contribution in [2.24, 2.45) is 0 Å². The summed E-state index contributed by atoms with van der Waals surface area (Å²) in [6.45, 7) is 0.846. The van der Waals surface area contributed by atoms with Crippen molar-refractivity contribution in [1.82, 2.24) is 4.98 Å². The first-order valence-electron chi connectivity index (χ1n) is 4.70. The average Bonchev–Trinajstić information content (AvgIpc) is 2.24. The third-order valence-electron chi connectivity index (χ3n) is 1.68. The molecule has 0 saturated heterocycles. The molecule has 16 heavy (non-hydrogen) atoms. The second kappa shape index (κ2) is 7.16. The van der Waals surface area contributed by atoms with Gasteiger partial charge in [-0.3, -0.25) is 4.79 Å². The molecule has 0 atom stereocenters. The highest BCUT2D eigenvalue weighted by molar-refractivity contribution is 6.29. The minimum atomic E-state index is -0.238. The highest BCUT2D eigenvalue weighted by Gasteiger charge is 2.02. The zero-order chi connectivity index (χ0) is 11.8. The molecule has 1 aromatic heterocycles. The van der Waals surface area contributed by atoms with E-state index < -0.39 is 0 Å². The fourth-order valence-corrected chi connectivity index (χ4v) is 1.16. The van der Waals surface area contributed by atoms with Crippen LogP contribution in [0.1, 0.15) is 0 Å². The van der Waals surface area contributed by atoms with E-state index in [4.69, 9.17) is 21.1 Å². The minimum absolute atomic E-state index is 0.0106. The SMILES string of the molecule is COCCOCC(=O)Nc1ccnc(Cl)c1. The van der Waals surface area contributed by atoms with Crippen LogP contribution in [0, 0.1) is 0 Å². The maximum atomic E-state index is 11.3. The molecule has 0 radical (unpaired) electrons. The van der Waals surface area contributed by atoms with E-state index in [1.54, 1.807) is 19.2 Å². The fraction of sp³-hybridized carbons (Fsp3) is 0.400. The zero-order valence-electron chi connectivity index (χ0n) is 8.90. The van der Waals surface area contributed by atoms with Gasteiger partial charge in [-0.05, 0) is 12.1 Å². The van der Waals surface area contributed by atoms with Crippen LogP contribution in [0.3, 0.4) is 0 Å². The highest BCUT2D eigenvalue weighted by atomic mass is 35.5. The van der Waals surface area contributed by atoms with Gasteiger partial charge in [-0.1, -0.05) is 11.6 Å². The maximum Gasteiger partial charge on any atom is 0.250 e. The van der Waals surface area contributed by atoms with Crippen LogP contribution >= 0.6 is 11.6 Å². The van der Waals surface area contributed by atoms with Crippen LogP contribution in [0.15, 0.2) is 18.3 Å². The summed E-state index contributed by atoms with van der Waals surface area (Å²) in [5, 5.41) is 2.96. The predicted octanol–water partition coefficient (Wildman–Crippen LogP) is 1.34. The third kappa shape index (κ3) is 5.06. The molecule has 1 aromatic rings. The molecule has 0 fully saturated rings. The highest BCUT2D eigenvalue weighted by Crippen LogP contribution is 2.11. The van der Waals surface area contributed by atoms with Gasteiger partial charge in [0.05, 0.1) is 13.2 Å². The van der Waals surface area contributed by atoms with Crippen molar-refractivity contribution >= 4 is 23.2 Å². The summed E-state index contributed by atoms with van der Waals surface area (Å²) >= 11 is 5.66. The molecule has 0 aliphatic rings. The molecule has 88 valence electrons. The lowest BCUT2D eigenvalue weighted by Gasteiger charge is -2.05. The third-order valence-corrected chi connectivity index (χ3v) is 1.88. The average molecular weight is 245 g/mol. The molecule has 0 saturated carbocycles. The topological polar surface area (TPSA) is 60.5 Å². The molecule has 1 N–H and O–H groups in total. The summed E-state index contributed by atoms with van der Waals surface area (Å²) in [5.74, 6) is -0.238. The van der Waals surface area contributed by atoms with E-state index in [2.05, 4.69) is 10.3 Å². The van der Waals surface area contributed by atoms with Gasteiger partial charge in [0.2, 0.25) is 5.91 Å². The fourth-order valence-electron chi connectivity index (χ4n) is 0.984. The number of rotatable bonds is 6. The maximum absolute atomic E-state index is 11.3. The lowest BCUT2D eigenvalue weighted by Crippen LogP contribution is -2.19. The van der Waals surface area contributed by atoms with Crippen LogP contribution in [0.2, 0.25) is 5.15 Å². The van der Waals surface area contributed by atoms with Crippen LogP contribution in [0.5, 0.6) is 0 Å². The molecule has 0 spiro atoms. The van der Waals surface area contributed by atoms with Crippen molar-refractivity contribution in [1.29, 1.82) is 0 Å². The van der Waals surface area contributed by atoms with Gasteiger partial charge in [0.25, 0.3) is 0 Å². The number of halogens is 1. The van der Waals surface area contributed by atoms with Crippen molar-refractivity contribution in [2.45, 2.75) is 0 Å². The Labute approximate surface area is 98.7 Å². The number of ether oxygens (including phenoxy) is 2. The summed E-state index contributed by atoms with van der Waals surface area (Å²) < 4.78 is 9.83. The van der Waals surface area contributed by atoms with Gasteiger partial charge in [-0.25, -0.2) is 4.98 Å². The molecule has 0 bridgehead atoms. The lowest BCUT2D eigenvalue weighted by molar-refractivity contribution is -0.121. The quantitative estimate of drug-likeness (QED) is 0.606. The number of carbonyl (C=O) groups is 1. The number of anilines is 1. The first-order chi connectivity index (χ1) is 7.72. The number of carbonyl (C=O) groups excluding carboxylic acids is 1. The van der Waals surface area contributed by atoms with E-state index in [0.717, 1.165) is 0 Å². The van der Waals surface area contributed by atoms with Crippen LogP contribution in [0.25, 0.3) is 0 Å². The van der Waals surface area contributed by atoms with E-state index in [9.17, 15) is 4.79 Å². The summed E-state index contributed by atoms with van der Waals surface area (Å²) in [6.07, 6.45) is 1.52.